The molecule has 2 aliphatic rings. The monoisotopic (exact) mass is 368 g/mol. The molecule has 4 rings (SSSR count). The Hall–Kier alpha value is -2.47. The van der Waals surface area contributed by atoms with E-state index in [2.05, 4.69) is 5.32 Å². The zero-order chi connectivity index (χ0) is 18.1. The maximum Gasteiger partial charge on any atom is 0.260 e. The van der Waals surface area contributed by atoms with Crippen LogP contribution < -0.4 is 10.1 Å². The lowest BCUT2D eigenvalue weighted by Crippen LogP contribution is -2.48. The summed E-state index contributed by atoms with van der Waals surface area (Å²) in [6, 6.07) is 15.1. The number of ether oxygens (including phenoxy) is 1. The molecule has 0 aliphatic carbocycles. The van der Waals surface area contributed by atoms with Gasteiger partial charge in [0, 0.05) is 24.4 Å². The normalized spacial score (nSPS) is 21.6. The molecule has 6 heteroatoms. The van der Waals surface area contributed by atoms with Gasteiger partial charge in [-0.1, -0.05) is 17.7 Å². The Labute approximate surface area is 156 Å². The first-order chi connectivity index (χ1) is 12.6. The van der Waals surface area contributed by atoms with Crippen LogP contribution in [0.15, 0.2) is 48.5 Å². The average Bonchev–Trinajstić information content (AvgIpc) is 3.21. The number of carbonyl (C=O) groups excluding carboxylic acids is 2. The van der Waals surface area contributed by atoms with E-state index in [-0.39, 0.29) is 11.8 Å². The minimum absolute atomic E-state index is 0.0759. The Morgan fingerprint density at radius 2 is 1.77 bits per heavy atom. The minimum atomic E-state index is -0.728. The SMILES string of the molecule is Cc1ccc(Oc2ccc(NC(=O)[C@@]34CCC(=O)N3CCS4)cc2)cc1. The summed E-state index contributed by atoms with van der Waals surface area (Å²) in [6.07, 6.45) is 1.03. The topological polar surface area (TPSA) is 58.6 Å². The molecule has 134 valence electrons. The molecule has 2 heterocycles. The smallest absolute Gasteiger partial charge is 0.260 e. The van der Waals surface area contributed by atoms with Crippen LogP contribution in [-0.4, -0.2) is 33.9 Å². The minimum Gasteiger partial charge on any atom is -0.457 e. The van der Waals surface area contributed by atoms with Gasteiger partial charge in [-0.05, 0) is 49.7 Å². The van der Waals surface area contributed by atoms with E-state index in [4.69, 9.17) is 4.74 Å². The molecular formula is C20H20N2O3S. The highest BCUT2D eigenvalue weighted by Gasteiger charge is 2.54. The summed E-state index contributed by atoms with van der Waals surface area (Å²) in [5, 5.41) is 2.96. The largest absolute Gasteiger partial charge is 0.457 e. The summed E-state index contributed by atoms with van der Waals surface area (Å²) in [4.78, 5) is 25.8. The summed E-state index contributed by atoms with van der Waals surface area (Å²) in [5.74, 6) is 2.25. The number of hydrogen-bond acceptors (Lipinski definition) is 4. The van der Waals surface area contributed by atoms with E-state index in [0.29, 0.717) is 30.8 Å². The molecule has 0 aromatic heterocycles. The number of hydrogen-bond donors (Lipinski definition) is 1. The number of anilines is 1. The molecule has 5 nitrogen and oxygen atoms in total. The van der Waals surface area contributed by atoms with Crippen molar-refractivity contribution in [1.29, 1.82) is 0 Å². The number of aryl methyl sites for hydroxylation is 1. The summed E-state index contributed by atoms with van der Waals surface area (Å²) >= 11 is 1.57. The molecule has 2 aromatic rings. The number of nitrogens with one attached hydrogen (secondary N) is 1. The first-order valence-corrected chi connectivity index (χ1v) is 9.66. The summed E-state index contributed by atoms with van der Waals surface area (Å²) in [7, 11) is 0. The van der Waals surface area contributed by atoms with Crippen LogP contribution in [0.4, 0.5) is 5.69 Å². The van der Waals surface area contributed by atoms with Crippen molar-refractivity contribution in [2.45, 2.75) is 24.6 Å². The number of benzene rings is 2. The third kappa shape index (κ3) is 3.05. The second-order valence-electron chi connectivity index (χ2n) is 6.57. The van der Waals surface area contributed by atoms with Gasteiger partial charge in [0.25, 0.3) is 5.91 Å². The molecule has 2 saturated heterocycles. The molecule has 0 unspecified atom stereocenters. The van der Waals surface area contributed by atoms with Crippen molar-refractivity contribution >= 4 is 29.3 Å². The quantitative estimate of drug-likeness (QED) is 0.892. The van der Waals surface area contributed by atoms with Crippen molar-refractivity contribution in [2.75, 3.05) is 17.6 Å². The second kappa shape index (κ2) is 6.68. The standard InChI is InChI=1S/C20H20N2O3S/c1-14-2-6-16(7-3-14)25-17-8-4-15(5-9-17)21-19(24)20-11-10-18(23)22(20)12-13-26-20/h2-9H,10-13H2,1H3,(H,21,24)/t20-/m0/s1. The highest BCUT2D eigenvalue weighted by molar-refractivity contribution is 8.01. The lowest BCUT2D eigenvalue weighted by atomic mass is 10.2. The van der Waals surface area contributed by atoms with E-state index < -0.39 is 4.87 Å². The van der Waals surface area contributed by atoms with E-state index in [1.807, 2.05) is 55.5 Å². The van der Waals surface area contributed by atoms with Gasteiger partial charge in [0.2, 0.25) is 5.91 Å². The van der Waals surface area contributed by atoms with Crippen LogP contribution in [0.25, 0.3) is 0 Å². The fourth-order valence-electron chi connectivity index (χ4n) is 3.39. The highest BCUT2D eigenvalue weighted by atomic mass is 32.2. The molecule has 2 aliphatic heterocycles. The van der Waals surface area contributed by atoms with Gasteiger partial charge in [0.1, 0.15) is 11.5 Å². The van der Waals surface area contributed by atoms with Crippen molar-refractivity contribution < 1.29 is 14.3 Å². The van der Waals surface area contributed by atoms with E-state index in [0.717, 1.165) is 11.5 Å². The third-order valence-corrected chi connectivity index (χ3v) is 6.27. The van der Waals surface area contributed by atoms with Gasteiger partial charge in [0.05, 0.1) is 0 Å². The Morgan fingerprint density at radius 3 is 2.46 bits per heavy atom. The Kier molecular flexibility index (Phi) is 4.36. The summed E-state index contributed by atoms with van der Waals surface area (Å²) in [6.45, 7) is 2.68. The second-order valence-corrected chi connectivity index (χ2v) is 7.94. The number of nitrogens with zero attached hydrogens (tertiary/aromatic N) is 1. The Bertz CT molecular complexity index is 835. The molecule has 2 fully saturated rings. The van der Waals surface area contributed by atoms with E-state index in [1.165, 1.54) is 5.56 Å². The average molecular weight is 368 g/mol. The first-order valence-electron chi connectivity index (χ1n) is 8.67. The zero-order valence-corrected chi connectivity index (χ0v) is 15.3. The number of amides is 2. The molecular weight excluding hydrogens is 348 g/mol. The van der Waals surface area contributed by atoms with Crippen molar-refractivity contribution in [3.05, 3.63) is 54.1 Å². The van der Waals surface area contributed by atoms with Crippen molar-refractivity contribution in [2.24, 2.45) is 0 Å². The first kappa shape index (κ1) is 17.0. The van der Waals surface area contributed by atoms with Gasteiger partial charge in [-0.2, -0.15) is 0 Å². The molecule has 0 spiro atoms. The van der Waals surface area contributed by atoms with Crippen LogP contribution in [-0.2, 0) is 9.59 Å². The molecule has 1 N–H and O–H groups in total. The number of rotatable bonds is 4. The summed E-state index contributed by atoms with van der Waals surface area (Å²) in [5.41, 5.74) is 1.88. The van der Waals surface area contributed by atoms with E-state index in [9.17, 15) is 9.59 Å². The van der Waals surface area contributed by atoms with Crippen molar-refractivity contribution in [1.82, 2.24) is 4.90 Å². The Balaban J connectivity index is 1.43. The zero-order valence-electron chi connectivity index (χ0n) is 14.5. The van der Waals surface area contributed by atoms with Gasteiger partial charge in [-0.3, -0.25) is 9.59 Å². The fraction of sp³-hybridized carbons (Fsp3) is 0.300. The predicted molar refractivity (Wildman–Crippen MR) is 102 cm³/mol. The van der Waals surface area contributed by atoms with Gasteiger partial charge in [0.15, 0.2) is 4.87 Å². The molecule has 26 heavy (non-hydrogen) atoms. The maximum atomic E-state index is 12.8. The van der Waals surface area contributed by atoms with Crippen molar-refractivity contribution in [3.63, 3.8) is 0 Å². The highest BCUT2D eigenvalue weighted by Crippen LogP contribution is 2.45. The van der Waals surface area contributed by atoms with Gasteiger partial charge in [-0.15, -0.1) is 11.8 Å². The molecule has 0 saturated carbocycles. The molecule has 0 bridgehead atoms. The van der Waals surface area contributed by atoms with Gasteiger partial charge in [-0.25, -0.2) is 0 Å². The van der Waals surface area contributed by atoms with Crippen LogP contribution in [0.3, 0.4) is 0 Å². The lowest BCUT2D eigenvalue weighted by Gasteiger charge is -2.29. The third-order valence-electron chi connectivity index (χ3n) is 4.79. The number of thioether (sulfide) groups is 1. The van der Waals surface area contributed by atoms with Crippen LogP contribution in [0, 0.1) is 6.92 Å². The van der Waals surface area contributed by atoms with Gasteiger partial charge < -0.3 is 15.0 Å². The fourth-order valence-corrected chi connectivity index (χ4v) is 4.78. The molecule has 2 aromatic carbocycles. The predicted octanol–water partition coefficient (Wildman–Crippen LogP) is 3.79. The lowest BCUT2D eigenvalue weighted by molar-refractivity contribution is -0.133. The number of carbonyl (C=O) groups is 2. The number of fused-ring (bicyclic) bond motifs is 1. The molecule has 1 atom stereocenters. The maximum absolute atomic E-state index is 12.8. The molecule has 2 amide bonds. The van der Waals surface area contributed by atoms with E-state index >= 15 is 0 Å². The van der Waals surface area contributed by atoms with Crippen LogP contribution in [0.5, 0.6) is 11.5 Å². The van der Waals surface area contributed by atoms with E-state index in [1.54, 1.807) is 16.7 Å². The van der Waals surface area contributed by atoms with Crippen molar-refractivity contribution in [3.8, 4) is 11.5 Å². The summed E-state index contributed by atoms with van der Waals surface area (Å²) < 4.78 is 5.81. The van der Waals surface area contributed by atoms with Crippen LogP contribution >= 0.6 is 11.8 Å². The van der Waals surface area contributed by atoms with Gasteiger partial charge >= 0.3 is 0 Å². The van der Waals surface area contributed by atoms with Crippen LogP contribution in [0.1, 0.15) is 18.4 Å². The Morgan fingerprint density at radius 1 is 1.12 bits per heavy atom. The van der Waals surface area contributed by atoms with Crippen LogP contribution in [0.2, 0.25) is 0 Å². The molecule has 0 radical (unpaired) electrons.